The molecule has 0 bridgehead atoms. The Morgan fingerprint density at radius 1 is 1.07 bits per heavy atom. The van der Waals surface area contributed by atoms with Crippen LogP contribution in [-0.4, -0.2) is 32.4 Å². The number of hydrogen-bond acceptors (Lipinski definition) is 1. The molecule has 2 atom stereocenters. The van der Waals surface area contributed by atoms with E-state index in [9.17, 15) is 5.11 Å². The van der Waals surface area contributed by atoms with Gasteiger partial charge in [0.1, 0.15) is 14.2 Å². The molecule has 0 rings (SSSR count). The van der Waals surface area contributed by atoms with Crippen LogP contribution in [0.1, 0.15) is 0 Å². The zero-order valence-corrected chi connectivity index (χ0v) is 12.7. The standard InChI is InChI=1S/C10H21ClOSi2/c1-13(2,3)8-7-9(12)10(11)14(4,5)6/h9-10,12H,1-6H3/t9-,10-/m0/s1. The van der Waals surface area contributed by atoms with Gasteiger partial charge in [0.2, 0.25) is 0 Å². The van der Waals surface area contributed by atoms with Gasteiger partial charge in [-0.25, -0.2) is 0 Å². The van der Waals surface area contributed by atoms with E-state index in [-0.39, 0.29) is 5.00 Å². The van der Waals surface area contributed by atoms with E-state index in [2.05, 4.69) is 50.7 Å². The molecule has 0 saturated heterocycles. The van der Waals surface area contributed by atoms with Crippen LogP contribution < -0.4 is 0 Å². The molecule has 0 spiro atoms. The third kappa shape index (κ3) is 5.87. The van der Waals surface area contributed by atoms with Crippen LogP contribution in [0.2, 0.25) is 39.3 Å². The number of hydrogen-bond donors (Lipinski definition) is 1. The van der Waals surface area contributed by atoms with E-state index in [1.807, 2.05) is 0 Å². The highest BCUT2D eigenvalue weighted by atomic mass is 35.5. The topological polar surface area (TPSA) is 20.2 Å². The van der Waals surface area contributed by atoms with Crippen LogP contribution >= 0.6 is 11.6 Å². The van der Waals surface area contributed by atoms with Crippen molar-refractivity contribution in [3.05, 3.63) is 0 Å². The highest BCUT2D eigenvalue weighted by Crippen LogP contribution is 2.17. The monoisotopic (exact) mass is 248 g/mol. The number of aliphatic hydroxyl groups is 1. The third-order valence-electron chi connectivity index (χ3n) is 1.70. The second-order valence-electron chi connectivity index (χ2n) is 5.73. The van der Waals surface area contributed by atoms with Gasteiger partial charge in [0.25, 0.3) is 0 Å². The fourth-order valence-corrected chi connectivity index (χ4v) is 2.51. The first kappa shape index (κ1) is 14.2. The van der Waals surface area contributed by atoms with Gasteiger partial charge in [-0.05, 0) is 0 Å². The molecule has 0 aliphatic heterocycles. The van der Waals surface area contributed by atoms with Crippen LogP contribution in [0, 0.1) is 11.5 Å². The van der Waals surface area contributed by atoms with Crippen LogP contribution in [0.25, 0.3) is 0 Å². The van der Waals surface area contributed by atoms with Gasteiger partial charge in [-0.2, -0.15) is 0 Å². The maximum Gasteiger partial charge on any atom is 0.129 e. The Balaban J connectivity index is 4.48. The van der Waals surface area contributed by atoms with Crippen molar-refractivity contribution in [1.82, 2.24) is 0 Å². The van der Waals surface area contributed by atoms with Crippen LogP contribution in [-0.2, 0) is 0 Å². The molecule has 0 fully saturated rings. The van der Waals surface area contributed by atoms with E-state index < -0.39 is 22.3 Å². The Bertz CT molecular complexity index is 242. The predicted molar refractivity (Wildman–Crippen MR) is 70.1 cm³/mol. The lowest BCUT2D eigenvalue weighted by atomic mass is 10.4. The molecule has 0 amide bonds. The van der Waals surface area contributed by atoms with Crippen molar-refractivity contribution in [3.8, 4) is 11.5 Å². The summed E-state index contributed by atoms with van der Waals surface area (Å²) in [5.74, 6) is 2.90. The molecule has 0 saturated carbocycles. The lowest BCUT2D eigenvalue weighted by molar-refractivity contribution is 0.244. The van der Waals surface area contributed by atoms with Crippen molar-refractivity contribution in [2.45, 2.75) is 50.4 Å². The molecule has 14 heavy (non-hydrogen) atoms. The number of rotatable bonds is 2. The lowest BCUT2D eigenvalue weighted by Gasteiger charge is -2.24. The first-order chi connectivity index (χ1) is 6.04. The van der Waals surface area contributed by atoms with Crippen LogP contribution in [0.15, 0.2) is 0 Å². The molecule has 0 aromatic rings. The minimum absolute atomic E-state index is 0.175. The normalized spacial score (nSPS) is 16.9. The van der Waals surface area contributed by atoms with Gasteiger partial charge in [-0.15, -0.1) is 17.1 Å². The molecule has 0 radical (unpaired) electrons. The maximum absolute atomic E-state index is 9.77. The summed E-state index contributed by atoms with van der Waals surface area (Å²) in [4.78, 5) is 0. The first-order valence-corrected chi connectivity index (χ1v) is 12.4. The third-order valence-corrected chi connectivity index (χ3v) is 6.77. The quantitative estimate of drug-likeness (QED) is 0.453. The summed E-state index contributed by atoms with van der Waals surface area (Å²) in [5, 5.41) is 9.59. The van der Waals surface area contributed by atoms with Crippen molar-refractivity contribution in [3.63, 3.8) is 0 Å². The molecule has 0 aliphatic rings. The summed E-state index contributed by atoms with van der Waals surface area (Å²) >= 11 is 6.16. The minimum Gasteiger partial charge on any atom is -0.379 e. The Labute approximate surface area is 94.9 Å². The van der Waals surface area contributed by atoms with Crippen molar-refractivity contribution >= 4 is 27.7 Å². The van der Waals surface area contributed by atoms with Gasteiger partial charge in [-0.3, -0.25) is 0 Å². The second kappa shape index (κ2) is 4.84. The molecule has 82 valence electrons. The SMILES string of the molecule is C[Si](C)(C)C#C[C@H](O)[C@@H](Cl)[Si](C)(C)C. The van der Waals surface area contributed by atoms with Crippen LogP contribution in [0.5, 0.6) is 0 Å². The minimum atomic E-state index is -1.49. The van der Waals surface area contributed by atoms with E-state index in [0.717, 1.165) is 0 Å². The van der Waals surface area contributed by atoms with Crippen LogP contribution in [0.4, 0.5) is 0 Å². The Kier molecular flexibility index (Phi) is 4.93. The summed E-state index contributed by atoms with van der Waals surface area (Å²) in [7, 11) is -2.88. The molecule has 1 N–H and O–H groups in total. The Morgan fingerprint density at radius 2 is 1.50 bits per heavy atom. The van der Waals surface area contributed by atoms with E-state index >= 15 is 0 Å². The molecule has 0 heterocycles. The lowest BCUT2D eigenvalue weighted by Crippen LogP contribution is -2.42. The van der Waals surface area contributed by atoms with Crippen molar-refractivity contribution in [2.24, 2.45) is 0 Å². The van der Waals surface area contributed by atoms with Gasteiger partial charge < -0.3 is 5.11 Å². The number of alkyl halides is 1. The molecule has 0 aromatic heterocycles. The van der Waals surface area contributed by atoms with Gasteiger partial charge >= 0.3 is 0 Å². The highest BCUT2D eigenvalue weighted by molar-refractivity contribution is 6.84. The van der Waals surface area contributed by atoms with E-state index in [0.29, 0.717) is 0 Å². The predicted octanol–water partition coefficient (Wildman–Crippen LogP) is 2.71. The fourth-order valence-electron chi connectivity index (χ4n) is 0.837. The van der Waals surface area contributed by atoms with Gasteiger partial charge in [0.05, 0.1) is 13.1 Å². The maximum atomic E-state index is 9.77. The fraction of sp³-hybridized carbons (Fsp3) is 0.800. The van der Waals surface area contributed by atoms with Crippen molar-refractivity contribution < 1.29 is 5.11 Å². The van der Waals surface area contributed by atoms with Gasteiger partial charge in [0.15, 0.2) is 0 Å². The second-order valence-corrected chi connectivity index (χ2v) is 16.7. The average Bonchev–Trinajstić information content (AvgIpc) is 1.95. The Hall–Kier alpha value is 0.244. The average molecular weight is 249 g/mol. The molecule has 4 heteroatoms. The first-order valence-electron chi connectivity index (χ1n) is 4.89. The largest absolute Gasteiger partial charge is 0.379 e. The van der Waals surface area contributed by atoms with Gasteiger partial charge in [-0.1, -0.05) is 45.2 Å². The molecule has 0 aromatic carbocycles. The summed E-state index contributed by atoms with van der Waals surface area (Å²) in [6.07, 6.45) is -0.657. The summed E-state index contributed by atoms with van der Waals surface area (Å²) in [6, 6.07) is 0. The molecule has 0 unspecified atom stereocenters. The summed E-state index contributed by atoms with van der Waals surface area (Å²) in [6.45, 7) is 12.9. The molecular weight excluding hydrogens is 228 g/mol. The highest BCUT2D eigenvalue weighted by Gasteiger charge is 2.30. The molecule has 1 nitrogen and oxygen atoms in total. The van der Waals surface area contributed by atoms with Crippen LogP contribution in [0.3, 0.4) is 0 Å². The van der Waals surface area contributed by atoms with E-state index in [4.69, 9.17) is 11.6 Å². The number of aliphatic hydroxyl groups excluding tert-OH is 1. The summed E-state index contributed by atoms with van der Waals surface area (Å²) < 4.78 is 0. The zero-order chi connectivity index (χ0) is 11.6. The van der Waals surface area contributed by atoms with E-state index in [1.54, 1.807) is 0 Å². The molecule has 0 aliphatic carbocycles. The van der Waals surface area contributed by atoms with Crippen molar-refractivity contribution in [2.75, 3.05) is 0 Å². The Morgan fingerprint density at radius 3 is 1.79 bits per heavy atom. The smallest absolute Gasteiger partial charge is 0.129 e. The number of halogens is 1. The summed E-state index contributed by atoms with van der Waals surface area (Å²) in [5.41, 5.74) is 3.15. The van der Waals surface area contributed by atoms with Crippen molar-refractivity contribution in [1.29, 1.82) is 0 Å². The zero-order valence-electron chi connectivity index (χ0n) is 9.98. The van der Waals surface area contributed by atoms with Gasteiger partial charge in [0, 0.05) is 0 Å². The van der Waals surface area contributed by atoms with E-state index in [1.165, 1.54) is 0 Å². The molecular formula is C10H21ClOSi2.